The Kier molecular flexibility index (Phi) is 3.53. The summed E-state index contributed by atoms with van der Waals surface area (Å²) < 4.78 is 0. The first kappa shape index (κ1) is 13.8. The van der Waals surface area contributed by atoms with E-state index >= 15 is 0 Å². The number of hydrogen-bond acceptors (Lipinski definition) is 3. The number of aromatic nitrogens is 2. The fraction of sp³-hybridized carbons (Fsp3) is 0. The van der Waals surface area contributed by atoms with E-state index in [1.54, 1.807) is 42.5 Å². The fourth-order valence-electron chi connectivity index (χ4n) is 2.14. The van der Waals surface area contributed by atoms with E-state index in [4.69, 9.17) is 5.11 Å². The number of carboxylic acid groups (broad SMARTS) is 1. The second kappa shape index (κ2) is 5.65. The summed E-state index contributed by atoms with van der Waals surface area (Å²) in [5.41, 5.74) is 1.97. The number of rotatable bonds is 3. The molecule has 0 saturated heterocycles. The van der Waals surface area contributed by atoms with Crippen LogP contribution in [0.5, 0.6) is 0 Å². The molecule has 0 aliphatic rings. The second-order valence-corrected chi connectivity index (χ2v) is 4.73. The Morgan fingerprint density at radius 3 is 2.55 bits per heavy atom. The van der Waals surface area contributed by atoms with E-state index < -0.39 is 5.97 Å². The van der Waals surface area contributed by atoms with Crippen LogP contribution in [0.2, 0.25) is 0 Å². The summed E-state index contributed by atoms with van der Waals surface area (Å²) in [6, 6.07) is 14.3. The van der Waals surface area contributed by atoms with Gasteiger partial charge in [0.25, 0.3) is 5.56 Å². The molecule has 0 bridgehead atoms. The van der Waals surface area contributed by atoms with Crippen molar-refractivity contribution in [3.8, 4) is 11.4 Å². The van der Waals surface area contributed by atoms with E-state index in [0.29, 0.717) is 16.7 Å². The van der Waals surface area contributed by atoms with Crippen LogP contribution in [0.15, 0.2) is 59.4 Å². The van der Waals surface area contributed by atoms with E-state index in [2.05, 4.69) is 9.97 Å². The van der Waals surface area contributed by atoms with Crippen LogP contribution in [0.3, 0.4) is 0 Å². The van der Waals surface area contributed by atoms with E-state index in [-0.39, 0.29) is 5.56 Å². The lowest BCUT2D eigenvalue weighted by molar-refractivity contribution is -0.131. The summed E-state index contributed by atoms with van der Waals surface area (Å²) in [4.78, 5) is 29.7. The molecular formula is C17H12N2O3. The van der Waals surface area contributed by atoms with Crippen molar-refractivity contribution in [1.29, 1.82) is 0 Å². The van der Waals surface area contributed by atoms with Gasteiger partial charge < -0.3 is 10.1 Å². The van der Waals surface area contributed by atoms with Crippen molar-refractivity contribution in [1.82, 2.24) is 9.97 Å². The maximum Gasteiger partial charge on any atom is 0.328 e. The molecule has 0 saturated carbocycles. The molecule has 0 aliphatic heterocycles. The average molecular weight is 292 g/mol. The third-order valence-corrected chi connectivity index (χ3v) is 3.22. The molecular weight excluding hydrogens is 280 g/mol. The van der Waals surface area contributed by atoms with Crippen LogP contribution < -0.4 is 5.56 Å². The minimum Gasteiger partial charge on any atom is -0.478 e. The highest BCUT2D eigenvalue weighted by Crippen LogP contribution is 2.17. The smallest absolute Gasteiger partial charge is 0.328 e. The van der Waals surface area contributed by atoms with Crippen molar-refractivity contribution < 1.29 is 9.90 Å². The highest BCUT2D eigenvalue weighted by atomic mass is 16.4. The Labute approximate surface area is 125 Å². The van der Waals surface area contributed by atoms with Gasteiger partial charge in [-0.3, -0.25) is 4.79 Å². The topological polar surface area (TPSA) is 83.0 Å². The van der Waals surface area contributed by atoms with Gasteiger partial charge >= 0.3 is 5.97 Å². The van der Waals surface area contributed by atoms with Crippen molar-refractivity contribution in [3.63, 3.8) is 0 Å². The summed E-state index contributed by atoms with van der Waals surface area (Å²) in [5, 5.41) is 9.15. The predicted molar refractivity (Wildman–Crippen MR) is 84.5 cm³/mol. The van der Waals surface area contributed by atoms with Gasteiger partial charge in [-0.1, -0.05) is 36.4 Å². The number of benzene rings is 2. The third kappa shape index (κ3) is 2.78. The van der Waals surface area contributed by atoms with Gasteiger partial charge in [0, 0.05) is 11.6 Å². The molecule has 0 aliphatic carbocycles. The summed E-state index contributed by atoms with van der Waals surface area (Å²) in [6.45, 7) is 0. The number of para-hydroxylation sites is 1. The third-order valence-electron chi connectivity index (χ3n) is 3.22. The summed E-state index contributed by atoms with van der Waals surface area (Å²) in [6.07, 6.45) is 2.58. The molecule has 1 heterocycles. The van der Waals surface area contributed by atoms with Gasteiger partial charge in [0.15, 0.2) is 0 Å². The van der Waals surface area contributed by atoms with E-state index in [9.17, 15) is 9.59 Å². The standard InChI is InChI=1S/C17H12N2O3/c20-15(21)10-7-11-5-8-12(9-6-11)16-18-14-4-2-1-3-13(14)17(22)19-16/h1-10H,(H,20,21)(H,18,19,22). The van der Waals surface area contributed by atoms with Crippen molar-refractivity contribution in [2.75, 3.05) is 0 Å². The molecule has 0 amide bonds. The van der Waals surface area contributed by atoms with Gasteiger partial charge in [-0.05, 0) is 23.8 Å². The highest BCUT2D eigenvalue weighted by molar-refractivity contribution is 5.85. The zero-order valence-electron chi connectivity index (χ0n) is 11.5. The first-order valence-corrected chi connectivity index (χ1v) is 6.64. The molecule has 108 valence electrons. The molecule has 1 aromatic heterocycles. The van der Waals surface area contributed by atoms with Crippen molar-refractivity contribution in [3.05, 3.63) is 70.5 Å². The lowest BCUT2D eigenvalue weighted by atomic mass is 10.1. The Hall–Kier alpha value is -3.21. The largest absolute Gasteiger partial charge is 0.478 e. The van der Waals surface area contributed by atoms with Crippen LogP contribution in [0.4, 0.5) is 0 Å². The van der Waals surface area contributed by atoms with Crippen LogP contribution in [0, 0.1) is 0 Å². The first-order valence-electron chi connectivity index (χ1n) is 6.64. The number of nitrogens with zero attached hydrogens (tertiary/aromatic N) is 1. The zero-order valence-corrected chi connectivity index (χ0v) is 11.5. The first-order chi connectivity index (χ1) is 10.6. The van der Waals surface area contributed by atoms with Crippen molar-refractivity contribution in [2.45, 2.75) is 0 Å². The number of hydrogen-bond donors (Lipinski definition) is 2. The minimum atomic E-state index is -0.996. The molecule has 0 unspecified atom stereocenters. The molecule has 3 aromatic rings. The van der Waals surface area contributed by atoms with Gasteiger partial charge in [-0.2, -0.15) is 0 Å². The van der Waals surface area contributed by atoms with E-state index in [0.717, 1.165) is 17.2 Å². The Morgan fingerprint density at radius 2 is 1.82 bits per heavy atom. The number of carboxylic acids is 1. The van der Waals surface area contributed by atoms with Crippen molar-refractivity contribution >= 4 is 22.9 Å². The summed E-state index contributed by atoms with van der Waals surface area (Å²) in [5.74, 6) is -0.512. The van der Waals surface area contributed by atoms with Crippen LogP contribution in [-0.4, -0.2) is 21.0 Å². The monoisotopic (exact) mass is 292 g/mol. The zero-order chi connectivity index (χ0) is 15.5. The molecule has 5 heteroatoms. The summed E-state index contributed by atoms with van der Waals surface area (Å²) >= 11 is 0. The Bertz CT molecular complexity index is 925. The number of fused-ring (bicyclic) bond motifs is 1. The van der Waals surface area contributed by atoms with Gasteiger partial charge in [-0.15, -0.1) is 0 Å². The number of carbonyl (C=O) groups is 1. The minimum absolute atomic E-state index is 0.185. The number of aliphatic carboxylic acids is 1. The van der Waals surface area contributed by atoms with Gasteiger partial charge in [-0.25, -0.2) is 9.78 Å². The number of H-pyrrole nitrogens is 1. The van der Waals surface area contributed by atoms with Crippen LogP contribution in [0.25, 0.3) is 28.4 Å². The van der Waals surface area contributed by atoms with Crippen LogP contribution >= 0.6 is 0 Å². The maximum atomic E-state index is 12.0. The second-order valence-electron chi connectivity index (χ2n) is 4.73. The molecule has 0 atom stereocenters. The lowest BCUT2D eigenvalue weighted by Gasteiger charge is -2.03. The number of aromatic amines is 1. The highest BCUT2D eigenvalue weighted by Gasteiger charge is 2.05. The fourth-order valence-corrected chi connectivity index (χ4v) is 2.14. The lowest BCUT2D eigenvalue weighted by Crippen LogP contribution is -2.09. The van der Waals surface area contributed by atoms with Gasteiger partial charge in [0.05, 0.1) is 10.9 Å². The van der Waals surface area contributed by atoms with Crippen LogP contribution in [-0.2, 0) is 4.79 Å². The average Bonchev–Trinajstić information content (AvgIpc) is 2.53. The van der Waals surface area contributed by atoms with Crippen LogP contribution in [0.1, 0.15) is 5.56 Å². The SMILES string of the molecule is O=C(O)C=Cc1ccc(-c2nc3ccccc3c(=O)[nH]2)cc1. The quantitative estimate of drug-likeness (QED) is 0.727. The molecule has 0 spiro atoms. The Balaban J connectivity index is 2.01. The van der Waals surface area contributed by atoms with Gasteiger partial charge in [0.1, 0.15) is 5.82 Å². The summed E-state index contributed by atoms with van der Waals surface area (Å²) in [7, 11) is 0. The van der Waals surface area contributed by atoms with Crippen molar-refractivity contribution in [2.24, 2.45) is 0 Å². The van der Waals surface area contributed by atoms with Gasteiger partial charge in [0.2, 0.25) is 0 Å². The predicted octanol–water partition coefficient (Wildman–Crippen LogP) is 2.69. The molecule has 0 fully saturated rings. The Morgan fingerprint density at radius 1 is 1.09 bits per heavy atom. The normalized spacial score (nSPS) is 11.1. The maximum absolute atomic E-state index is 12.0. The van der Waals surface area contributed by atoms with E-state index in [1.165, 1.54) is 6.08 Å². The molecule has 2 aromatic carbocycles. The molecule has 0 radical (unpaired) electrons. The number of nitrogens with one attached hydrogen (secondary N) is 1. The van der Waals surface area contributed by atoms with E-state index in [1.807, 2.05) is 6.07 Å². The molecule has 3 rings (SSSR count). The molecule has 5 nitrogen and oxygen atoms in total. The molecule has 2 N–H and O–H groups in total. The molecule has 22 heavy (non-hydrogen) atoms.